The van der Waals surface area contributed by atoms with E-state index in [4.69, 9.17) is 9.72 Å². The van der Waals surface area contributed by atoms with Crippen molar-refractivity contribution in [3.05, 3.63) is 54.0 Å². The molecule has 1 saturated heterocycles. The third kappa shape index (κ3) is 3.59. The first kappa shape index (κ1) is 18.5. The number of hydrogen-bond acceptors (Lipinski definition) is 4. The molecule has 0 unspecified atom stereocenters. The number of methoxy groups -OCH3 is 1. The number of fused-ring (bicyclic) bond motifs is 1. The summed E-state index contributed by atoms with van der Waals surface area (Å²) < 4.78 is 7.49. The Morgan fingerprint density at radius 3 is 3.00 bits per heavy atom. The number of ether oxygens (including phenoxy) is 1. The Labute approximate surface area is 165 Å². The van der Waals surface area contributed by atoms with Crippen molar-refractivity contribution in [3.63, 3.8) is 0 Å². The van der Waals surface area contributed by atoms with Crippen LogP contribution >= 0.6 is 0 Å². The number of carbonyl (C=O) groups excluding carboxylic acids is 1. The highest BCUT2D eigenvalue weighted by atomic mass is 16.5. The average molecular weight is 378 g/mol. The molecule has 3 heterocycles. The van der Waals surface area contributed by atoms with Gasteiger partial charge >= 0.3 is 0 Å². The van der Waals surface area contributed by atoms with Crippen molar-refractivity contribution in [1.82, 2.24) is 19.4 Å². The Balaban J connectivity index is 1.50. The second kappa shape index (κ2) is 8.00. The van der Waals surface area contributed by atoms with E-state index in [-0.39, 0.29) is 11.8 Å². The predicted octanol–water partition coefficient (Wildman–Crippen LogP) is 3.41. The van der Waals surface area contributed by atoms with Crippen molar-refractivity contribution in [2.24, 2.45) is 0 Å². The molecule has 1 fully saturated rings. The zero-order valence-corrected chi connectivity index (χ0v) is 16.5. The molecule has 2 aromatic heterocycles. The molecule has 3 aromatic rings. The summed E-state index contributed by atoms with van der Waals surface area (Å²) in [6.45, 7) is 4.56. The molecular weight excluding hydrogens is 352 g/mol. The first-order valence-corrected chi connectivity index (χ1v) is 9.91. The van der Waals surface area contributed by atoms with Crippen molar-refractivity contribution >= 4 is 17.1 Å². The fourth-order valence-electron chi connectivity index (χ4n) is 4.00. The first-order chi connectivity index (χ1) is 13.7. The highest BCUT2D eigenvalue weighted by Gasteiger charge is 2.31. The summed E-state index contributed by atoms with van der Waals surface area (Å²) in [6.07, 6.45) is 4.19. The molecule has 0 saturated carbocycles. The normalized spacial score (nSPS) is 16.6. The van der Waals surface area contributed by atoms with Crippen LogP contribution in [-0.4, -0.2) is 45.5 Å². The van der Waals surface area contributed by atoms with Gasteiger partial charge in [-0.15, -0.1) is 0 Å². The third-order valence-electron chi connectivity index (χ3n) is 5.38. The monoisotopic (exact) mass is 378 g/mol. The van der Waals surface area contributed by atoms with Crippen molar-refractivity contribution in [1.29, 1.82) is 0 Å². The van der Waals surface area contributed by atoms with Gasteiger partial charge in [-0.1, -0.05) is 19.1 Å². The maximum atomic E-state index is 12.8. The molecule has 1 aromatic carbocycles. The summed E-state index contributed by atoms with van der Waals surface area (Å²) in [4.78, 5) is 24.2. The zero-order chi connectivity index (χ0) is 19.5. The van der Waals surface area contributed by atoms with Crippen LogP contribution in [-0.2, 0) is 17.8 Å². The minimum absolute atomic E-state index is 0.159. The van der Waals surface area contributed by atoms with Gasteiger partial charge in [0.1, 0.15) is 17.1 Å². The number of aryl methyl sites for hydroxylation is 1. The summed E-state index contributed by atoms with van der Waals surface area (Å²) in [7, 11) is 1.64. The van der Waals surface area contributed by atoms with Gasteiger partial charge in [-0.2, -0.15) is 0 Å². The van der Waals surface area contributed by atoms with Gasteiger partial charge in [0, 0.05) is 31.7 Å². The molecule has 1 atom stereocenters. The lowest BCUT2D eigenvalue weighted by Gasteiger charge is -2.17. The number of imidazole rings is 1. The Morgan fingerprint density at radius 2 is 2.18 bits per heavy atom. The van der Waals surface area contributed by atoms with E-state index in [0.29, 0.717) is 6.42 Å². The molecule has 28 heavy (non-hydrogen) atoms. The van der Waals surface area contributed by atoms with Gasteiger partial charge in [-0.3, -0.25) is 4.79 Å². The second-order valence-corrected chi connectivity index (χ2v) is 7.32. The van der Waals surface area contributed by atoms with Crippen molar-refractivity contribution < 1.29 is 9.53 Å². The number of hydrogen-bond donors (Lipinski definition) is 0. The van der Waals surface area contributed by atoms with E-state index < -0.39 is 0 Å². The largest absolute Gasteiger partial charge is 0.497 e. The molecule has 4 rings (SSSR count). The summed E-state index contributed by atoms with van der Waals surface area (Å²) in [5.74, 6) is 2.26. The van der Waals surface area contributed by atoms with E-state index in [9.17, 15) is 4.79 Å². The Morgan fingerprint density at radius 1 is 1.29 bits per heavy atom. The standard InChI is InChI=1S/C22H26N4O2/c1-3-11-26-21(24-19-8-5-10-23-22(19)26)17-9-12-25(15-17)20(27)14-16-6-4-7-18(13-16)28-2/h4-8,10,13,17H,3,9,11-12,14-15H2,1-2H3/t17-/m1/s1. The maximum Gasteiger partial charge on any atom is 0.227 e. The number of nitrogens with zero attached hydrogens (tertiary/aromatic N) is 4. The van der Waals surface area contributed by atoms with Crippen LogP contribution in [0.5, 0.6) is 5.75 Å². The molecule has 0 N–H and O–H groups in total. The lowest BCUT2D eigenvalue weighted by Crippen LogP contribution is -2.30. The quantitative estimate of drug-likeness (QED) is 0.660. The number of carbonyl (C=O) groups is 1. The Kier molecular flexibility index (Phi) is 5.28. The molecular formula is C22H26N4O2. The van der Waals surface area contributed by atoms with E-state index in [1.54, 1.807) is 7.11 Å². The minimum atomic E-state index is 0.159. The van der Waals surface area contributed by atoms with Crippen LogP contribution in [0.4, 0.5) is 0 Å². The molecule has 6 heteroatoms. The van der Waals surface area contributed by atoms with E-state index in [1.807, 2.05) is 47.5 Å². The molecule has 1 amide bonds. The second-order valence-electron chi connectivity index (χ2n) is 7.32. The molecule has 0 spiro atoms. The van der Waals surface area contributed by atoms with Gasteiger partial charge in [0.05, 0.1) is 13.5 Å². The topological polar surface area (TPSA) is 60.2 Å². The number of rotatable bonds is 6. The lowest BCUT2D eigenvalue weighted by molar-refractivity contribution is -0.129. The van der Waals surface area contributed by atoms with Crippen LogP contribution in [0.25, 0.3) is 11.2 Å². The van der Waals surface area contributed by atoms with Crippen LogP contribution in [0, 0.1) is 0 Å². The van der Waals surface area contributed by atoms with Crippen molar-refractivity contribution in [3.8, 4) is 5.75 Å². The smallest absolute Gasteiger partial charge is 0.227 e. The molecule has 0 radical (unpaired) electrons. The van der Waals surface area contributed by atoms with E-state index in [1.165, 1.54) is 0 Å². The summed E-state index contributed by atoms with van der Waals surface area (Å²) >= 11 is 0. The van der Waals surface area contributed by atoms with E-state index in [2.05, 4.69) is 16.5 Å². The van der Waals surface area contributed by atoms with Crippen LogP contribution in [0.1, 0.15) is 37.1 Å². The molecule has 1 aliphatic heterocycles. The molecule has 1 aliphatic rings. The zero-order valence-electron chi connectivity index (χ0n) is 16.5. The van der Waals surface area contributed by atoms with Gasteiger partial charge in [-0.25, -0.2) is 9.97 Å². The maximum absolute atomic E-state index is 12.8. The number of benzene rings is 1. The number of pyridine rings is 1. The van der Waals surface area contributed by atoms with Gasteiger partial charge in [0.2, 0.25) is 5.91 Å². The van der Waals surface area contributed by atoms with E-state index >= 15 is 0 Å². The highest BCUT2D eigenvalue weighted by Crippen LogP contribution is 2.29. The van der Waals surface area contributed by atoms with Crippen LogP contribution in [0.2, 0.25) is 0 Å². The van der Waals surface area contributed by atoms with Crippen LogP contribution in [0.15, 0.2) is 42.6 Å². The summed E-state index contributed by atoms with van der Waals surface area (Å²) in [5.41, 5.74) is 2.86. The van der Waals surface area contributed by atoms with Crippen LogP contribution in [0.3, 0.4) is 0 Å². The van der Waals surface area contributed by atoms with Gasteiger partial charge in [-0.05, 0) is 42.7 Å². The summed E-state index contributed by atoms with van der Waals surface area (Å²) in [5, 5.41) is 0. The number of likely N-dealkylation sites (tertiary alicyclic amines) is 1. The fourth-order valence-corrected chi connectivity index (χ4v) is 4.00. The highest BCUT2D eigenvalue weighted by molar-refractivity contribution is 5.79. The predicted molar refractivity (Wildman–Crippen MR) is 108 cm³/mol. The van der Waals surface area contributed by atoms with E-state index in [0.717, 1.165) is 60.8 Å². The molecule has 6 nitrogen and oxygen atoms in total. The number of aromatic nitrogens is 3. The molecule has 0 bridgehead atoms. The first-order valence-electron chi connectivity index (χ1n) is 9.91. The minimum Gasteiger partial charge on any atom is -0.497 e. The Hall–Kier alpha value is -2.89. The Bertz CT molecular complexity index is 982. The molecule has 146 valence electrons. The van der Waals surface area contributed by atoms with Crippen molar-refractivity contribution in [2.75, 3.05) is 20.2 Å². The molecule has 0 aliphatic carbocycles. The van der Waals surface area contributed by atoms with Gasteiger partial charge in [0.15, 0.2) is 5.65 Å². The lowest BCUT2D eigenvalue weighted by atomic mass is 10.1. The van der Waals surface area contributed by atoms with Crippen molar-refractivity contribution in [2.45, 2.75) is 38.6 Å². The van der Waals surface area contributed by atoms with Gasteiger partial charge < -0.3 is 14.2 Å². The fraction of sp³-hybridized carbons (Fsp3) is 0.409. The number of amides is 1. The average Bonchev–Trinajstić information content (AvgIpc) is 3.34. The van der Waals surface area contributed by atoms with Crippen LogP contribution < -0.4 is 4.74 Å². The SMILES string of the molecule is CCCn1c([C@@H]2CCN(C(=O)Cc3cccc(OC)c3)C2)nc2cccnc21. The summed E-state index contributed by atoms with van der Waals surface area (Å²) in [6, 6.07) is 11.7. The van der Waals surface area contributed by atoms with Gasteiger partial charge in [0.25, 0.3) is 0 Å². The third-order valence-corrected chi connectivity index (χ3v) is 5.38.